The summed E-state index contributed by atoms with van der Waals surface area (Å²) in [6.45, 7) is 11.4. The van der Waals surface area contributed by atoms with E-state index in [-0.39, 0.29) is 0 Å². The molecule has 2 heteroatoms. The number of aryl methyl sites for hydroxylation is 4. The first kappa shape index (κ1) is 20.9. The number of benzene rings is 2. The van der Waals surface area contributed by atoms with Crippen molar-refractivity contribution in [2.45, 2.75) is 65.5 Å². The summed E-state index contributed by atoms with van der Waals surface area (Å²) in [4.78, 5) is 0. The minimum absolute atomic E-state index is 0.511. The van der Waals surface area contributed by atoms with E-state index < -0.39 is 8.32 Å². The van der Waals surface area contributed by atoms with Crippen molar-refractivity contribution in [2.75, 3.05) is 0 Å². The van der Waals surface area contributed by atoms with E-state index in [1.807, 2.05) is 0 Å². The highest BCUT2D eigenvalue weighted by molar-refractivity contribution is 6.88. The first-order valence-corrected chi connectivity index (χ1v) is 13.5. The van der Waals surface area contributed by atoms with Gasteiger partial charge in [0.25, 0.3) is 8.32 Å². The Hall–Kier alpha value is -2.32. The van der Waals surface area contributed by atoms with Crippen LogP contribution in [0.4, 0.5) is 0 Å². The van der Waals surface area contributed by atoms with Crippen molar-refractivity contribution in [2.24, 2.45) is 0 Å². The third kappa shape index (κ3) is 3.74. The predicted octanol–water partition coefficient (Wildman–Crippen LogP) is 7.06. The highest BCUT2D eigenvalue weighted by Gasteiger charge is 2.46. The molecule has 2 aliphatic rings. The highest BCUT2D eigenvalue weighted by Crippen LogP contribution is 2.40. The summed E-state index contributed by atoms with van der Waals surface area (Å²) in [5, 5.41) is 1.51. The van der Waals surface area contributed by atoms with Gasteiger partial charge in [-0.05, 0) is 73.5 Å². The Morgan fingerprint density at radius 3 is 2.30 bits per heavy atom. The molecule has 30 heavy (non-hydrogen) atoms. The second kappa shape index (κ2) is 8.43. The van der Waals surface area contributed by atoms with Gasteiger partial charge in [-0.1, -0.05) is 80.1 Å². The third-order valence-corrected chi connectivity index (χ3v) is 11.6. The first-order valence-electron chi connectivity index (χ1n) is 11.4. The SMILES string of the molecule is Cc1cc(C)c(C(O[Si@]2(C(C)C)CCCc3ccccc32)=C2C=CCC=C2)c(C)c1. The van der Waals surface area contributed by atoms with Crippen molar-refractivity contribution in [1.29, 1.82) is 0 Å². The number of allylic oxidation sites excluding steroid dienone is 5. The van der Waals surface area contributed by atoms with Crippen LogP contribution < -0.4 is 5.19 Å². The Bertz CT molecular complexity index is 1000. The van der Waals surface area contributed by atoms with Gasteiger partial charge in [-0.2, -0.15) is 0 Å². The van der Waals surface area contributed by atoms with E-state index in [0.29, 0.717) is 5.54 Å². The smallest absolute Gasteiger partial charge is 0.285 e. The van der Waals surface area contributed by atoms with Gasteiger partial charge in [-0.15, -0.1) is 0 Å². The molecule has 0 N–H and O–H groups in total. The molecule has 0 unspecified atom stereocenters. The van der Waals surface area contributed by atoms with E-state index in [1.54, 1.807) is 0 Å². The summed E-state index contributed by atoms with van der Waals surface area (Å²) >= 11 is 0. The van der Waals surface area contributed by atoms with E-state index in [0.717, 1.165) is 12.2 Å². The molecule has 4 rings (SSSR count). The zero-order chi connectivity index (χ0) is 21.3. The van der Waals surface area contributed by atoms with Crippen molar-refractivity contribution in [1.82, 2.24) is 0 Å². The molecule has 2 aromatic carbocycles. The van der Waals surface area contributed by atoms with Crippen LogP contribution in [-0.2, 0) is 10.8 Å². The number of hydrogen-bond acceptors (Lipinski definition) is 1. The Kier molecular flexibility index (Phi) is 5.88. The Labute approximate surface area is 183 Å². The lowest BCUT2D eigenvalue weighted by atomic mass is 9.95. The lowest BCUT2D eigenvalue weighted by Gasteiger charge is -2.41. The first-order chi connectivity index (χ1) is 14.4. The van der Waals surface area contributed by atoms with Crippen LogP contribution in [0.2, 0.25) is 11.6 Å². The molecule has 0 aromatic heterocycles. The van der Waals surface area contributed by atoms with E-state index in [1.165, 1.54) is 57.5 Å². The molecule has 1 heterocycles. The summed E-state index contributed by atoms with van der Waals surface area (Å²) in [6.07, 6.45) is 12.4. The second-order valence-electron chi connectivity index (χ2n) is 9.26. The number of rotatable bonds is 4. The summed E-state index contributed by atoms with van der Waals surface area (Å²) in [5.41, 5.74) is 8.43. The molecule has 156 valence electrons. The van der Waals surface area contributed by atoms with Crippen LogP contribution in [0.5, 0.6) is 0 Å². The van der Waals surface area contributed by atoms with Crippen LogP contribution in [0, 0.1) is 20.8 Å². The predicted molar refractivity (Wildman–Crippen MR) is 132 cm³/mol. The molecular formula is C28H34OSi. The fourth-order valence-electron chi connectivity index (χ4n) is 5.30. The quantitative estimate of drug-likeness (QED) is 0.384. The minimum atomic E-state index is -2.20. The van der Waals surface area contributed by atoms with Gasteiger partial charge in [0.1, 0.15) is 5.76 Å². The summed E-state index contributed by atoms with van der Waals surface area (Å²) in [6, 6.07) is 14.8. The van der Waals surface area contributed by atoms with Crippen LogP contribution in [0.1, 0.15) is 54.5 Å². The molecule has 0 spiro atoms. The normalized spacial score (nSPS) is 20.4. The van der Waals surface area contributed by atoms with Crippen LogP contribution >= 0.6 is 0 Å². The van der Waals surface area contributed by atoms with Crippen LogP contribution in [0.3, 0.4) is 0 Å². The zero-order valence-corrected chi connectivity index (χ0v) is 20.1. The molecule has 2 aromatic rings. The van der Waals surface area contributed by atoms with Gasteiger partial charge >= 0.3 is 0 Å². The van der Waals surface area contributed by atoms with E-state index in [9.17, 15) is 0 Å². The topological polar surface area (TPSA) is 9.23 Å². The maximum atomic E-state index is 7.41. The summed E-state index contributed by atoms with van der Waals surface area (Å²) in [7, 11) is -2.20. The van der Waals surface area contributed by atoms with Crippen LogP contribution in [-0.4, -0.2) is 8.32 Å². The van der Waals surface area contributed by atoms with Gasteiger partial charge in [0.15, 0.2) is 0 Å². The van der Waals surface area contributed by atoms with Gasteiger partial charge in [0.05, 0.1) is 0 Å². The number of fused-ring (bicyclic) bond motifs is 1. The van der Waals surface area contributed by atoms with Crippen molar-refractivity contribution < 1.29 is 4.43 Å². The Morgan fingerprint density at radius 2 is 1.63 bits per heavy atom. The average molecular weight is 415 g/mol. The summed E-state index contributed by atoms with van der Waals surface area (Å²) < 4.78 is 7.41. The number of hydrogen-bond donors (Lipinski definition) is 0. The molecule has 0 saturated heterocycles. The lowest BCUT2D eigenvalue weighted by molar-refractivity contribution is 0.479. The third-order valence-electron chi connectivity index (χ3n) is 6.72. The molecular weight excluding hydrogens is 380 g/mol. The van der Waals surface area contributed by atoms with Crippen molar-refractivity contribution in [3.8, 4) is 0 Å². The Morgan fingerprint density at radius 1 is 0.967 bits per heavy atom. The molecule has 1 aliphatic carbocycles. The zero-order valence-electron chi connectivity index (χ0n) is 19.1. The average Bonchev–Trinajstić information content (AvgIpc) is 2.73. The van der Waals surface area contributed by atoms with Gasteiger partial charge in [0.2, 0.25) is 0 Å². The Balaban J connectivity index is 1.93. The van der Waals surface area contributed by atoms with Crippen LogP contribution in [0.15, 0.2) is 66.3 Å². The maximum Gasteiger partial charge on any atom is 0.285 e. The van der Waals surface area contributed by atoms with Crippen molar-refractivity contribution >= 4 is 19.3 Å². The highest BCUT2D eigenvalue weighted by atomic mass is 28.4. The molecule has 1 atom stereocenters. The van der Waals surface area contributed by atoms with Crippen molar-refractivity contribution in [3.63, 3.8) is 0 Å². The maximum absolute atomic E-state index is 7.41. The largest absolute Gasteiger partial charge is 0.538 e. The minimum Gasteiger partial charge on any atom is -0.538 e. The lowest BCUT2D eigenvalue weighted by Crippen LogP contribution is -2.56. The fraction of sp³-hybridized carbons (Fsp3) is 0.357. The molecule has 0 fully saturated rings. The van der Waals surface area contributed by atoms with Crippen LogP contribution in [0.25, 0.3) is 5.76 Å². The second-order valence-corrected chi connectivity index (χ2v) is 13.4. The molecule has 1 nitrogen and oxygen atoms in total. The van der Waals surface area contributed by atoms with Gasteiger partial charge in [-0.25, -0.2) is 0 Å². The summed E-state index contributed by atoms with van der Waals surface area (Å²) in [5.74, 6) is 1.09. The molecule has 0 bridgehead atoms. The van der Waals surface area contributed by atoms with E-state index in [4.69, 9.17) is 4.43 Å². The van der Waals surface area contributed by atoms with E-state index >= 15 is 0 Å². The molecule has 0 saturated carbocycles. The molecule has 0 amide bonds. The molecule has 1 aliphatic heterocycles. The van der Waals surface area contributed by atoms with E-state index in [2.05, 4.69) is 95.3 Å². The standard InChI is InChI=1S/C28H34OSi/c1-20(2)30(17-11-15-24-12-9-10-16-26(24)30)29-28(25-13-7-6-8-14-25)27-22(4)18-21(3)19-23(27)5/h7-10,12-14,16,18-20H,6,11,15,17H2,1-5H3/t30-/m0/s1. The fourth-order valence-corrected chi connectivity index (χ4v) is 9.63. The van der Waals surface area contributed by atoms with Crippen molar-refractivity contribution in [3.05, 3.63) is 94.1 Å². The van der Waals surface area contributed by atoms with Gasteiger partial charge in [0, 0.05) is 11.1 Å². The molecule has 0 radical (unpaired) electrons. The monoisotopic (exact) mass is 414 g/mol. The van der Waals surface area contributed by atoms with Gasteiger partial charge in [-0.3, -0.25) is 0 Å². The van der Waals surface area contributed by atoms with Gasteiger partial charge < -0.3 is 4.43 Å².